The van der Waals surface area contributed by atoms with Gasteiger partial charge in [-0.2, -0.15) is 0 Å². The fourth-order valence-electron chi connectivity index (χ4n) is 3.07. The molecule has 2 amide bonds. The second kappa shape index (κ2) is 9.13. The van der Waals surface area contributed by atoms with Crippen LogP contribution >= 0.6 is 11.8 Å². The Bertz CT molecular complexity index is 1070. The maximum Gasteiger partial charge on any atom is 0.416 e. The fourth-order valence-corrected chi connectivity index (χ4v) is 3.88. The topological polar surface area (TPSA) is 115 Å². The van der Waals surface area contributed by atoms with E-state index in [9.17, 15) is 9.59 Å². The van der Waals surface area contributed by atoms with Crippen LogP contribution < -0.4 is 10.2 Å². The summed E-state index contributed by atoms with van der Waals surface area (Å²) in [5.74, 6) is 1.12. The van der Waals surface area contributed by atoms with Crippen molar-refractivity contribution in [2.45, 2.75) is 23.9 Å². The van der Waals surface area contributed by atoms with E-state index in [0.29, 0.717) is 12.4 Å². The number of nitrogens with zero attached hydrogens (tertiary/aromatic N) is 6. The van der Waals surface area contributed by atoms with Crippen LogP contribution in [0.1, 0.15) is 12.5 Å². The van der Waals surface area contributed by atoms with E-state index in [4.69, 9.17) is 4.74 Å². The monoisotopic (exact) mass is 439 g/mol. The first-order valence-corrected chi connectivity index (χ1v) is 10.6. The normalized spacial score (nSPS) is 15.7. The molecule has 3 aromatic rings. The van der Waals surface area contributed by atoms with Crippen molar-refractivity contribution in [3.05, 3.63) is 48.2 Å². The van der Waals surface area contributed by atoms with Crippen LogP contribution in [0.2, 0.25) is 0 Å². The molecule has 0 radical (unpaired) electrons. The third kappa shape index (κ3) is 5.00. The van der Waals surface area contributed by atoms with Crippen LogP contribution in [0, 0.1) is 0 Å². The summed E-state index contributed by atoms with van der Waals surface area (Å²) in [4.78, 5) is 29.1. The van der Waals surface area contributed by atoms with Gasteiger partial charge in [0, 0.05) is 31.5 Å². The van der Waals surface area contributed by atoms with Crippen LogP contribution in [-0.2, 0) is 22.3 Å². The highest BCUT2D eigenvalue weighted by Gasteiger charge is 2.33. The Kier molecular flexibility index (Phi) is 6.12. The number of carbonyl (C=O) groups is 2. The molecule has 10 nitrogen and oxygen atoms in total. The SMILES string of the molecule is CC(=O)NC[C@H]1CN(c2ccc(-c3ccc(CSc4nnnn4C)cc3)cn2)C(=O)O1. The Hall–Kier alpha value is -3.47. The van der Waals surface area contributed by atoms with E-state index >= 15 is 0 Å². The number of pyridine rings is 1. The molecule has 1 N–H and O–H groups in total. The lowest BCUT2D eigenvalue weighted by atomic mass is 10.1. The molecule has 1 atom stereocenters. The van der Waals surface area contributed by atoms with Crippen molar-refractivity contribution in [1.82, 2.24) is 30.5 Å². The van der Waals surface area contributed by atoms with Gasteiger partial charge in [-0.05, 0) is 33.7 Å². The summed E-state index contributed by atoms with van der Waals surface area (Å²) in [5, 5.41) is 14.8. The Morgan fingerprint density at radius 2 is 2.00 bits per heavy atom. The quantitative estimate of drug-likeness (QED) is 0.556. The minimum atomic E-state index is -0.462. The van der Waals surface area contributed by atoms with Crippen molar-refractivity contribution in [2.24, 2.45) is 7.05 Å². The zero-order chi connectivity index (χ0) is 21.8. The molecule has 0 aliphatic carbocycles. The molecular weight excluding hydrogens is 418 g/mol. The number of tetrazole rings is 1. The predicted octanol–water partition coefficient (Wildman–Crippen LogP) is 2.03. The molecule has 160 valence electrons. The van der Waals surface area contributed by atoms with Gasteiger partial charge < -0.3 is 10.1 Å². The minimum absolute atomic E-state index is 0.160. The molecule has 0 saturated carbocycles. The number of hydrogen-bond donors (Lipinski definition) is 1. The van der Waals surface area contributed by atoms with E-state index in [-0.39, 0.29) is 18.6 Å². The van der Waals surface area contributed by atoms with Crippen molar-refractivity contribution in [2.75, 3.05) is 18.0 Å². The van der Waals surface area contributed by atoms with E-state index in [1.165, 1.54) is 11.8 Å². The molecule has 4 rings (SSSR count). The predicted molar refractivity (Wildman–Crippen MR) is 114 cm³/mol. The largest absolute Gasteiger partial charge is 0.442 e. The number of ether oxygens (including phenoxy) is 1. The van der Waals surface area contributed by atoms with Gasteiger partial charge in [-0.25, -0.2) is 14.5 Å². The summed E-state index contributed by atoms with van der Waals surface area (Å²) in [7, 11) is 1.81. The number of cyclic esters (lactones) is 1. The van der Waals surface area contributed by atoms with Gasteiger partial charge >= 0.3 is 6.09 Å². The number of thioether (sulfide) groups is 1. The second-order valence-electron chi connectivity index (χ2n) is 7.03. The number of aryl methyl sites for hydroxylation is 1. The fraction of sp³-hybridized carbons (Fsp3) is 0.300. The summed E-state index contributed by atoms with van der Waals surface area (Å²) in [5.41, 5.74) is 3.13. The van der Waals surface area contributed by atoms with E-state index in [0.717, 1.165) is 27.6 Å². The summed E-state index contributed by atoms with van der Waals surface area (Å²) >= 11 is 1.57. The standard InChI is InChI=1S/C20H21N7O3S/c1-13(28)21-10-17-11-27(20(29)30-17)18-8-7-16(9-22-18)15-5-3-14(4-6-15)12-31-19-23-24-25-26(19)2/h3-9,17H,10-12H2,1-2H3,(H,21,28)/t17-/m0/s1. The average Bonchev–Trinajstić information content (AvgIpc) is 3.36. The number of amides is 2. The molecular formula is C20H21N7O3S. The van der Waals surface area contributed by atoms with E-state index < -0.39 is 6.09 Å². The number of carbonyl (C=O) groups excluding carboxylic acids is 2. The highest BCUT2D eigenvalue weighted by molar-refractivity contribution is 7.98. The first-order chi connectivity index (χ1) is 15.0. The van der Waals surface area contributed by atoms with Crippen LogP contribution in [-0.4, -0.2) is 56.4 Å². The van der Waals surface area contributed by atoms with Crippen molar-refractivity contribution >= 4 is 29.6 Å². The van der Waals surface area contributed by atoms with Gasteiger partial charge in [0.2, 0.25) is 11.1 Å². The number of benzene rings is 1. The lowest BCUT2D eigenvalue weighted by Crippen LogP contribution is -2.33. The molecule has 0 unspecified atom stereocenters. The molecule has 1 aromatic carbocycles. The molecule has 3 heterocycles. The second-order valence-corrected chi connectivity index (χ2v) is 7.97. The zero-order valence-electron chi connectivity index (χ0n) is 17.1. The molecule has 31 heavy (non-hydrogen) atoms. The Morgan fingerprint density at radius 3 is 2.65 bits per heavy atom. The van der Waals surface area contributed by atoms with E-state index in [1.54, 1.807) is 28.7 Å². The van der Waals surface area contributed by atoms with Gasteiger partial charge in [0.05, 0.1) is 13.1 Å². The first-order valence-electron chi connectivity index (χ1n) is 9.62. The van der Waals surface area contributed by atoms with Gasteiger partial charge in [-0.15, -0.1) is 5.10 Å². The lowest BCUT2D eigenvalue weighted by molar-refractivity contribution is -0.119. The minimum Gasteiger partial charge on any atom is -0.442 e. The van der Waals surface area contributed by atoms with Gasteiger partial charge in [-0.3, -0.25) is 9.69 Å². The van der Waals surface area contributed by atoms with Crippen LogP contribution in [0.15, 0.2) is 47.8 Å². The molecule has 1 saturated heterocycles. The summed E-state index contributed by atoms with van der Waals surface area (Å²) in [6.45, 7) is 2.06. The van der Waals surface area contributed by atoms with E-state index in [1.807, 2.05) is 25.2 Å². The maximum absolute atomic E-state index is 12.1. The Morgan fingerprint density at radius 1 is 1.23 bits per heavy atom. The lowest BCUT2D eigenvalue weighted by Gasteiger charge is -2.12. The molecule has 0 spiro atoms. The smallest absolute Gasteiger partial charge is 0.416 e. The van der Waals surface area contributed by atoms with Crippen LogP contribution in [0.25, 0.3) is 11.1 Å². The number of anilines is 1. The number of aromatic nitrogens is 5. The highest BCUT2D eigenvalue weighted by Crippen LogP contribution is 2.25. The van der Waals surface area contributed by atoms with Crippen molar-refractivity contribution < 1.29 is 14.3 Å². The third-order valence-corrected chi connectivity index (χ3v) is 5.80. The van der Waals surface area contributed by atoms with Crippen LogP contribution in [0.5, 0.6) is 0 Å². The number of nitrogens with one attached hydrogen (secondary N) is 1. The molecule has 1 fully saturated rings. The number of hydrogen-bond acceptors (Lipinski definition) is 8. The Balaban J connectivity index is 1.37. The Labute approximate surface area is 183 Å². The summed E-state index contributed by atoms with van der Waals surface area (Å²) in [6, 6.07) is 11.9. The molecule has 0 bridgehead atoms. The van der Waals surface area contributed by atoms with Gasteiger partial charge in [0.25, 0.3) is 0 Å². The molecule has 2 aromatic heterocycles. The maximum atomic E-state index is 12.1. The average molecular weight is 440 g/mol. The summed E-state index contributed by atoms with van der Waals surface area (Å²) < 4.78 is 6.92. The molecule has 11 heteroatoms. The zero-order valence-corrected chi connectivity index (χ0v) is 17.9. The van der Waals surface area contributed by atoms with Crippen LogP contribution in [0.3, 0.4) is 0 Å². The third-order valence-electron chi connectivity index (χ3n) is 4.71. The highest BCUT2D eigenvalue weighted by atomic mass is 32.2. The van der Waals surface area contributed by atoms with Crippen molar-refractivity contribution in [3.8, 4) is 11.1 Å². The molecule has 1 aliphatic heterocycles. The van der Waals surface area contributed by atoms with Crippen molar-refractivity contribution in [3.63, 3.8) is 0 Å². The number of rotatable bonds is 7. The van der Waals surface area contributed by atoms with Crippen LogP contribution in [0.4, 0.5) is 10.6 Å². The van der Waals surface area contributed by atoms with Gasteiger partial charge in [0.1, 0.15) is 11.9 Å². The van der Waals surface area contributed by atoms with Gasteiger partial charge in [-0.1, -0.05) is 36.0 Å². The van der Waals surface area contributed by atoms with Crippen molar-refractivity contribution in [1.29, 1.82) is 0 Å². The molecule has 1 aliphatic rings. The van der Waals surface area contributed by atoms with Gasteiger partial charge in [0.15, 0.2) is 0 Å². The summed E-state index contributed by atoms with van der Waals surface area (Å²) in [6.07, 6.45) is 0.884. The first kappa shape index (κ1) is 20.8. The van der Waals surface area contributed by atoms with E-state index in [2.05, 4.69) is 38.0 Å².